The van der Waals surface area contributed by atoms with E-state index in [4.69, 9.17) is 11.6 Å². The second-order valence-electron chi connectivity index (χ2n) is 7.15. The minimum absolute atomic E-state index is 0.0299. The zero-order valence-electron chi connectivity index (χ0n) is 15.3. The third-order valence-electron chi connectivity index (χ3n) is 5.05. The first-order chi connectivity index (χ1) is 13.4. The fourth-order valence-corrected chi connectivity index (χ4v) is 4.93. The molecule has 1 heterocycles. The molecular formula is C20H22ClN3O3S. The summed E-state index contributed by atoms with van der Waals surface area (Å²) >= 11 is 6.27. The van der Waals surface area contributed by atoms with Crippen molar-refractivity contribution in [3.63, 3.8) is 0 Å². The second-order valence-corrected chi connectivity index (χ2v) is 9.28. The van der Waals surface area contributed by atoms with E-state index in [-0.39, 0.29) is 16.8 Å². The number of rotatable bonds is 5. The Morgan fingerprint density at radius 3 is 2.39 bits per heavy atom. The van der Waals surface area contributed by atoms with Crippen molar-refractivity contribution in [2.45, 2.75) is 23.8 Å². The molecule has 1 aliphatic heterocycles. The molecule has 2 fully saturated rings. The van der Waals surface area contributed by atoms with E-state index in [0.717, 1.165) is 18.5 Å². The van der Waals surface area contributed by atoms with Crippen LogP contribution in [0, 0.1) is 0 Å². The third kappa shape index (κ3) is 4.16. The first kappa shape index (κ1) is 19.2. The van der Waals surface area contributed by atoms with Crippen molar-refractivity contribution in [3.8, 4) is 0 Å². The van der Waals surface area contributed by atoms with E-state index >= 15 is 0 Å². The summed E-state index contributed by atoms with van der Waals surface area (Å²) < 4.78 is 27.5. The third-order valence-corrected chi connectivity index (χ3v) is 6.89. The van der Waals surface area contributed by atoms with Crippen LogP contribution in [-0.4, -0.2) is 51.4 Å². The van der Waals surface area contributed by atoms with E-state index in [1.54, 1.807) is 17.0 Å². The summed E-state index contributed by atoms with van der Waals surface area (Å²) in [6.07, 6.45) is 1.74. The number of para-hydroxylation sites is 1. The highest BCUT2D eigenvalue weighted by molar-refractivity contribution is 7.89. The lowest BCUT2D eigenvalue weighted by Crippen LogP contribution is -2.48. The van der Waals surface area contributed by atoms with E-state index in [0.29, 0.717) is 36.8 Å². The van der Waals surface area contributed by atoms with Crippen molar-refractivity contribution < 1.29 is 13.2 Å². The van der Waals surface area contributed by atoms with Crippen molar-refractivity contribution in [1.29, 1.82) is 0 Å². The van der Waals surface area contributed by atoms with Gasteiger partial charge in [0.25, 0.3) is 5.91 Å². The van der Waals surface area contributed by atoms with E-state index in [9.17, 15) is 13.2 Å². The topological polar surface area (TPSA) is 69.7 Å². The Bertz CT molecular complexity index is 984. The molecule has 0 spiro atoms. The monoisotopic (exact) mass is 419 g/mol. The lowest BCUT2D eigenvalue weighted by Gasteiger charge is -2.36. The number of amides is 1. The maximum Gasteiger partial charge on any atom is 0.254 e. The van der Waals surface area contributed by atoms with Crippen molar-refractivity contribution in [1.82, 2.24) is 9.62 Å². The Hall–Kier alpha value is -2.09. The van der Waals surface area contributed by atoms with Crippen molar-refractivity contribution in [3.05, 3.63) is 59.1 Å². The molecule has 1 aliphatic carbocycles. The highest BCUT2D eigenvalue weighted by Crippen LogP contribution is 2.26. The van der Waals surface area contributed by atoms with Crippen LogP contribution in [0.3, 0.4) is 0 Å². The van der Waals surface area contributed by atoms with Crippen molar-refractivity contribution >= 4 is 33.2 Å². The van der Waals surface area contributed by atoms with Gasteiger partial charge in [0.2, 0.25) is 10.0 Å². The number of carbonyl (C=O) groups excluding carboxylic acids is 1. The number of nitrogens with zero attached hydrogens (tertiary/aromatic N) is 2. The predicted octanol–water partition coefficient (Wildman–Crippen LogP) is 2.74. The molecule has 4 rings (SSSR count). The van der Waals surface area contributed by atoms with Crippen LogP contribution in [0.1, 0.15) is 23.2 Å². The molecule has 0 aromatic heterocycles. The van der Waals surface area contributed by atoms with E-state index in [1.807, 2.05) is 24.3 Å². The van der Waals surface area contributed by atoms with Crippen LogP contribution in [0.5, 0.6) is 0 Å². The Morgan fingerprint density at radius 2 is 1.71 bits per heavy atom. The highest BCUT2D eigenvalue weighted by atomic mass is 35.5. The molecule has 0 bridgehead atoms. The zero-order chi connectivity index (χ0) is 19.7. The number of nitrogens with one attached hydrogen (secondary N) is 1. The van der Waals surface area contributed by atoms with Crippen LogP contribution in [0.2, 0.25) is 5.02 Å². The zero-order valence-corrected chi connectivity index (χ0v) is 16.9. The minimum Gasteiger partial charge on any atom is -0.367 e. The molecule has 1 amide bonds. The lowest BCUT2D eigenvalue weighted by molar-refractivity contribution is 0.0746. The second kappa shape index (κ2) is 7.73. The van der Waals surface area contributed by atoms with Crippen LogP contribution < -0.4 is 9.62 Å². The molecule has 2 aromatic carbocycles. The number of halogens is 1. The molecule has 2 aromatic rings. The molecule has 2 aliphatic rings. The Balaban J connectivity index is 1.44. The first-order valence-corrected chi connectivity index (χ1v) is 11.2. The van der Waals surface area contributed by atoms with Crippen LogP contribution in [0.4, 0.5) is 5.69 Å². The largest absolute Gasteiger partial charge is 0.367 e. The number of piperazine rings is 1. The van der Waals surface area contributed by atoms with Crippen LogP contribution in [-0.2, 0) is 10.0 Å². The SMILES string of the molecule is O=C(c1cccc(S(=O)(=O)NC2CC2)c1)N1CCN(c2ccccc2Cl)CC1. The number of carbonyl (C=O) groups is 1. The van der Waals surface area contributed by atoms with Gasteiger partial charge in [-0.15, -0.1) is 0 Å². The molecule has 8 heteroatoms. The predicted molar refractivity (Wildman–Crippen MR) is 109 cm³/mol. The first-order valence-electron chi connectivity index (χ1n) is 9.35. The smallest absolute Gasteiger partial charge is 0.254 e. The average Bonchev–Trinajstić information content (AvgIpc) is 3.51. The summed E-state index contributed by atoms with van der Waals surface area (Å²) in [6, 6.07) is 14.0. The Morgan fingerprint density at radius 1 is 1.00 bits per heavy atom. The summed E-state index contributed by atoms with van der Waals surface area (Å²) in [7, 11) is -3.58. The van der Waals surface area contributed by atoms with E-state index in [1.165, 1.54) is 12.1 Å². The Labute approximate surface area is 170 Å². The normalized spacial score (nSPS) is 17.6. The van der Waals surface area contributed by atoms with Gasteiger partial charge in [-0.2, -0.15) is 0 Å². The van der Waals surface area contributed by atoms with Gasteiger partial charge in [0.1, 0.15) is 0 Å². The van der Waals surface area contributed by atoms with E-state index < -0.39 is 10.0 Å². The molecule has 148 valence electrons. The average molecular weight is 420 g/mol. The van der Waals surface area contributed by atoms with Gasteiger partial charge in [0, 0.05) is 37.8 Å². The quantitative estimate of drug-likeness (QED) is 0.809. The summed E-state index contributed by atoms with van der Waals surface area (Å²) in [4.78, 5) is 16.9. The number of hydrogen-bond acceptors (Lipinski definition) is 4. The number of sulfonamides is 1. The molecular weight excluding hydrogens is 398 g/mol. The lowest BCUT2D eigenvalue weighted by atomic mass is 10.1. The maximum atomic E-state index is 12.9. The van der Waals surface area contributed by atoms with E-state index in [2.05, 4.69) is 9.62 Å². The van der Waals surface area contributed by atoms with Gasteiger partial charge in [-0.25, -0.2) is 13.1 Å². The molecule has 0 radical (unpaired) electrons. The summed E-state index contributed by atoms with van der Waals surface area (Å²) in [5.41, 5.74) is 1.36. The molecule has 1 saturated carbocycles. The van der Waals surface area contributed by atoms with Crippen molar-refractivity contribution in [2.24, 2.45) is 0 Å². The minimum atomic E-state index is -3.58. The van der Waals surface area contributed by atoms with Crippen LogP contribution in [0.25, 0.3) is 0 Å². The van der Waals surface area contributed by atoms with Gasteiger partial charge < -0.3 is 9.80 Å². The van der Waals surface area contributed by atoms with Gasteiger partial charge in [0.05, 0.1) is 15.6 Å². The molecule has 1 saturated heterocycles. The van der Waals surface area contributed by atoms with Crippen LogP contribution in [0.15, 0.2) is 53.4 Å². The van der Waals surface area contributed by atoms with Gasteiger partial charge >= 0.3 is 0 Å². The molecule has 1 N–H and O–H groups in total. The fourth-order valence-electron chi connectivity index (χ4n) is 3.33. The Kier molecular flexibility index (Phi) is 5.31. The molecule has 28 heavy (non-hydrogen) atoms. The summed E-state index contributed by atoms with van der Waals surface area (Å²) in [5.74, 6) is -0.151. The molecule has 0 atom stereocenters. The maximum absolute atomic E-state index is 12.9. The number of hydrogen-bond donors (Lipinski definition) is 1. The van der Waals surface area contributed by atoms with Gasteiger partial charge in [-0.1, -0.05) is 29.8 Å². The fraction of sp³-hybridized carbons (Fsp3) is 0.350. The molecule has 6 nitrogen and oxygen atoms in total. The number of anilines is 1. The molecule has 0 unspecified atom stereocenters. The summed E-state index contributed by atoms with van der Waals surface area (Å²) in [6.45, 7) is 2.47. The van der Waals surface area contributed by atoms with Crippen molar-refractivity contribution in [2.75, 3.05) is 31.1 Å². The number of benzene rings is 2. The van der Waals surface area contributed by atoms with Gasteiger partial charge in [0.15, 0.2) is 0 Å². The summed E-state index contributed by atoms with van der Waals surface area (Å²) in [5, 5.41) is 0.698. The highest BCUT2D eigenvalue weighted by Gasteiger charge is 2.29. The van der Waals surface area contributed by atoms with Gasteiger partial charge in [-0.3, -0.25) is 4.79 Å². The van der Waals surface area contributed by atoms with Gasteiger partial charge in [-0.05, 0) is 43.2 Å². The standard InChI is InChI=1S/C20H22ClN3O3S/c21-18-6-1-2-7-19(18)23-10-12-24(13-11-23)20(25)15-4-3-5-17(14-15)28(26,27)22-16-8-9-16/h1-7,14,16,22H,8-13H2. The van der Waals surface area contributed by atoms with Crippen LogP contribution >= 0.6 is 11.6 Å².